The minimum Gasteiger partial charge on any atom is -0.481 e. The van der Waals surface area contributed by atoms with Crippen LogP contribution in [0, 0.1) is 0 Å². The van der Waals surface area contributed by atoms with Crippen LogP contribution in [0.3, 0.4) is 0 Å². The van der Waals surface area contributed by atoms with Gasteiger partial charge in [-0.15, -0.1) is 0 Å². The smallest absolute Gasteiger partial charge is 0.481 e. The first-order valence-corrected chi connectivity index (χ1v) is 9.87. The number of benzene rings is 1. The van der Waals surface area contributed by atoms with E-state index in [-0.39, 0.29) is 18.9 Å². The fourth-order valence-electron chi connectivity index (χ4n) is 2.35. The van der Waals surface area contributed by atoms with Crippen molar-refractivity contribution in [3.05, 3.63) is 54.4 Å². The van der Waals surface area contributed by atoms with Crippen LogP contribution in [0.25, 0.3) is 16.9 Å². The van der Waals surface area contributed by atoms with Gasteiger partial charge in [0.2, 0.25) is 0 Å². The Hall–Kier alpha value is -4.83. The van der Waals surface area contributed by atoms with Crippen LogP contribution < -0.4 is 11.1 Å². The maximum absolute atomic E-state index is 11.9. The van der Waals surface area contributed by atoms with Crippen molar-refractivity contribution in [2.45, 2.75) is 18.8 Å². The van der Waals surface area contributed by atoms with Gasteiger partial charge in [-0.1, -0.05) is 12.1 Å². The summed E-state index contributed by atoms with van der Waals surface area (Å²) in [7, 11) is 0. The average molecular weight is 552 g/mol. The van der Waals surface area contributed by atoms with E-state index in [1.165, 1.54) is 0 Å². The van der Waals surface area contributed by atoms with E-state index in [9.17, 15) is 35.9 Å². The maximum Gasteiger partial charge on any atom is 0.490 e. The van der Waals surface area contributed by atoms with Gasteiger partial charge in [0.25, 0.3) is 5.91 Å². The molecule has 1 aromatic carbocycles. The number of nitrogen functional groups attached to an aromatic ring is 1. The van der Waals surface area contributed by atoms with Gasteiger partial charge in [0.1, 0.15) is 0 Å². The van der Waals surface area contributed by atoms with E-state index < -0.39 is 30.3 Å². The molecule has 0 saturated heterocycles. The van der Waals surface area contributed by atoms with Crippen LogP contribution >= 0.6 is 0 Å². The zero-order valence-corrected chi connectivity index (χ0v) is 18.7. The molecule has 0 radical (unpaired) electrons. The van der Waals surface area contributed by atoms with Crippen LogP contribution in [-0.2, 0) is 14.4 Å². The second-order valence-corrected chi connectivity index (χ2v) is 6.90. The number of hydrogen-bond donors (Lipinski definition) is 5. The Labute approximate surface area is 208 Å². The van der Waals surface area contributed by atoms with Gasteiger partial charge < -0.3 is 30.8 Å². The summed E-state index contributed by atoms with van der Waals surface area (Å²) in [5.74, 6) is -6.76. The second kappa shape index (κ2) is 12.9. The van der Waals surface area contributed by atoms with E-state index >= 15 is 0 Å². The van der Waals surface area contributed by atoms with E-state index in [4.69, 9.17) is 30.6 Å². The monoisotopic (exact) mass is 552 g/mol. The molecule has 6 N–H and O–H groups in total. The molecule has 38 heavy (non-hydrogen) atoms. The van der Waals surface area contributed by atoms with Crippen molar-refractivity contribution in [3.8, 4) is 11.3 Å². The quantitative estimate of drug-likeness (QED) is 0.297. The standard InChI is InChI=1S/C17H16N4O3.2C2HF3O2/c18-13-2-1-9-21-10-14(20-16(13)21)11-3-5-12(6-4-11)17(24)19-8-7-15(22)23;2*3-2(4,5)1(6)7/h1-6,9-10H,7-8,18H2,(H,19,24)(H,22,23);2*(H,6,7). The fraction of sp³-hybridized carbons (Fsp3) is 0.190. The number of hydrogen-bond acceptors (Lipinski definition) is 6. The van der Waals surface area contributed by atoms with Gasteiger partial charge in [0.15, 0.2) is 5.65 Å². The lowest BCUT2D eigenvalue weighted by atomic mass is 10.1. The number of halogens is 6. The van der Waals surface area contributed by atoms with Gasteiger partial charge in [-0.3, -0.25) is 9.59 Å². The number of carboxylic acid groups (broad SMARTS) is 3. The molecule has 0 atom stereocenters. The maximum atomic E-state index is 11.9. The van der Waals surface area contributed by atoms with Gasteiger partial charge >= 0.3 is 30.3 Å². The molecule has 17 heteroatoms. The van der Waals surface area contributed by atoms with Crippen molar-refractivity contribution in [2.24, 2.45) is 0 Å². The topological polar surface area (TPSA) is 184 Å². The van der Waals surface area contributed by atoms with Crippen LogP contribution in [0.2, 0.25) is 0 Å². The van der Waals surface area contributed by atoms with Crippen molar-refractivity contribution in [1.29, 1.82) is 0 Å². The highest BCUT2D eigenvalue weighted by Crippen LogP contribution is 2.22. The molecule has 2 aromatic heterocycles. The molecule has 0 fully saturated rings. The number of fused-ring (bicyclic) bond motifs is 1. The Balaban J connectivity index is 0.000000426. The lowest BCUT2D eigenvalue weighted by Crippen LogP contribution is -2.25. The largest absolute Gasteiger partial charge is 0.490 e. The third-order valence-corrected chi connectivity index (χ3v) is 4.07. The third-order valence-electron chi connectivity index (χ3n) is 4.07. The lowest BCUT2D eigenvalue weighted by molar-refractivity contribution is -0.193. The predicted molar refractivity (Wildman–Crippen MR) is 117 cm³/mol. The molecule has 0 spiro atoms. The summed E-state index contributed by atoms with van der Waals surface area (Å²) in [6.07, 6.45) is -6.54. The molecule has 3 aromatic rings. The molecular formula is C21H18F6N4O7. The Morgan fingerprint density at radius 2 is 1.39 bits per heavy atom. The van der Waals surface area contributed by atoms with Crippen molar-refractivity contribution in [1.82, 2.24) is 14.7 Å². The van der Waals surface area contributed by atoms with E-state index in [0.29, 0.717) is 16.9 Å². The number of nitrogens with zero attached hydrogens (tertiary/aromatic N) is 2. The number of carbonyl (C=O) groups is 4. The van der Waals surface area contributed by atoms with Crippen LogP contribution in [0.4, 0.5) is 32.0 Å². The van der Waals surface area contributed by atoms with Crippen molar-refractivity contribution in [2.75, 3.05) is 12.3 Å². The van der Waals surface area contributed by atoms with Crippen LogP contribution in [-0.4, -0.2) is 67.4 Å². The number of pyridine rings is 1. The minimum atomic E-state index is -5.08. The Bertz CT molecular complexity index is 1260. The normalized spacial score (nSPS) is 10.9. The first-order valence-electron chi connectivity index (χ1n) is 9.87. The fourth-order valence-corrected chi connectivity index (χ4v) is 2.35. The second-order valence-electron chi connectivity index (χ2n) is 6.90. The Morgan fingerprint density at radius 1 is 0.895 bits per heavy atom. The minimum absolute atomic E-state index is 0.0988. The van der Waals surface area contributed by atoms with E-state index in [1.54, 1.807) is 30.3 Å². The number of nitrogens with two attached hydrogens (primary N) is 1. The van der Waals surface area contributed by atoms with Crippen molar-refractivity contribution in [3.63, 3.8) is 0 Å². The summed E-state index contributed by atoms with van der Waals surface area (Å²) >= 11 is 0. The Kier molecular flexibility index (Phi) is 10.6. The molecule has 0 saturated carbocycles. The van der Waals surface area contributed by atoms with Crippen LogP contribution in [0.15, 0.2) is 48.8 Å². The number of alkyl halides is 6. The summed E-state index contributed by atoms with van der Waals surface area (Å²) in [4.78, 5) is 44.7. The van der Waals surface area contributed by atoms with Crippen LogP contribution in [0.1, 0.15) is 16.8 Å². The molecule has 0 aliphatic heterocycles. The molecule has 2 heterocycles. The number of nitrogens with one attached hydrogen (secondary N) is 1. The number of carboxylic acids is 3. The number of rotatable bonds is 5. The molecule has 0 aliphatic rings. The van der Waals surface area contributed by atoms with Crippen molar-refractivity contribution < 1.29 is 60.8 Å². The Morgan fingerprint density at radius 3 is 1.82 bits per heavy atom. The molecule has 11 nitrogen and oxygen atoms in total. The summed E-state index contributed by atoms with van der Waals surface area (Å²) in [5, 5.41) is 25.4. The summed E-state index contributed by atoms with van der Waals surface area (Å²) in [6, 6.07) is 10.6. The third kappa shape index (κ3) is 10.0. The highest BCUT2D eigenvalue weighted by atomic mass is 19.4. The molecule has 0 bridgehead atoms. The predicted octanol–water partition coefficient (Wildman–Crippen LogP) is 3.05. The number of aromatic nitrogens is 2. The zero-order valence-electron chi connectivity index (χ0n) is 18.7. The molecule has 3 rings (SSSR count). The summed E-state index contributed by atoms with van der Waals surface area (Å²) in [5.41, 5.74) is 9.26. The highest BCUT2D eigenvalue weighted by molar-refractivity contribution is 5.94. The van der Waals surface area contributed by atoms with Gasteiger partial charge in [0.05, 0.1) is 17.8 Å². The first kappa shape index (κ1) is 31.2. The number of carbonyl (C=O) groups excluding carboxylic acids is 1. The molecular weight excluding hydrogens is 534 g/mol. The number of anilines is 1. The summed E-state index contributed by atoms with van der Waals surface area (Å²) in [6.45, 7) is 0.0988. The average Bonchev–Trinajstić information content (AvgIpc) is 3.24. The van der Waals surface area contributed by atoms with E-state index in [0.717, 1.165) is 11.3 Å². The van der Waals surface area contributed by atoms with Crippen LogP contribution in [0.5, 0.6) is 0 Å². The number of imidazole rings is 1. The van der Waals surface area contributed by atoms with Gasteiger partial charge in [0, 0.05) is 30.1 Å². The summed E-state index contributed by atoms with van der Waals surface area (Å²) < 4.78 is 65.3. The molecule has 1 amide bonds. The molecule has 206 valence electrons. The molecule has 0 aliphatic carbocycles. The zero-order chi connectivity index (χ0) is 29.3. The van der Waals surface area contributed by atoms with Gasteiger partial charge in [-0.05, 0) is 24.3 Å². The van der Waals surface area contributed by atoms with Gasteiger partial charge in [-0.25, -0.2) is 14.6 Å². The number of aliphatic carboxylic acids is 3. The SMILES string of the molecule is Nc1cccn2cc(-c3ccc(C(=O)NCCC(=O)O)cc3)nc12.O=C(O)C(F)(F)F.O=C(O)C(F)(F)F. The first-order chi connectivity index (χ1) is 17.4. The lowest BCUT2D eigenvalue weighted by Gasteiger charge is -2.04. The molecule has 0 unspecified atom stereocenters. The van der Waals surface area contributed by atoms with Gasteiger partial charge in [-0.2, -0.15) is 26.3 Å². The van der Waals surface area contributed by atoms with E-state index in [2.05, 4.69) is 10.3 Å². The number of amides is 1. The highest BCUT2D eigenvalue weighted by Gasteiger charge is 2.38. The van der Waals surface area contributed by atoms with E-state index in [1.807, 2.05) is 22.9 Å². The van der Waals surface area contributed by atoms with Crippen molar-refractivity contribution >= 4 is 35.1 Å².